The lowest BCUT2D eigenvalue weighted by Crippen LogP contribution is -2.12. The lowest BCUT2D eigenvalue weighted by Gasteiger charge is -2.09. The van der Waals surface area contributed by atoms with Crippen molar-refractivity contribution in [2.24, 2.45) is 0 Å². The molecule has 0 unspecified atom stereocenters. The minimum atomic E-state index is 0.191. The molecule has 0 fully saturated rings. The molecule has 0 atom stereocenters. The van der Waals surface area contributed by atoms with Crippen molar-refractivity contribution < 1.29 is 14.2 Å². The van der Waals surface area contributed by atoms with Gasteiger partial charge in [-0.1, -0.05) is 6.92 Å². The third kappa shape index (κ3) is 6.78. The Balaban J connectivity index is 2.34. The number of anilines is 2. The van der Waals surface area contributed by atoms with Gasteiger partial charge in [-0.2, -0.15) is 9.97 Å². The monoisotopic (exact) mass is 270 g/mol. The standard InChI is InChI=1S/C12H22N4O3/c1-3-4-14-10-9-11(16-12(13)15-10)19-8-7-18-6-5-17-2/h9H,3-8H2,1-2H3,(H3,13,14,15,16). The zero-order chi connectivity index (χ0) is 13.9. The van der Waals surface area contributed by atoms with Crippen LogP contribution in [0.5, 0.6) is 5.88 Å². The summed E-state index contributed by atoms with van der Waals surface area (Å²) >= 11 is 0. The third-order valence-corrected chi connectivity index (χ3v) is 2.19. The number of nitrogens with one attached hydrogen (secondary N) is 1. The van der Waals surface area contributed by atoms with Gasteiger partial charge in [0.2, 0.25) is 11.8 Å². The first kappa shape index (κ1) is 15.5. The van der Waals surface area contributed by atoms with Crippen LogP contribution in [0.25, 0.3) is 0 Å². The van der Waals surface area contributed by atoms with E-state index in [-0.39, 0.29) is 5.95 Å². The summed E-state index contributed by atoms with van der Waals surface area (Å²) in [6, 6.07) is 1.72. The van der Waals surface area contributed by atoms with Crippen LogP contribution in [0.15, 0.2) is 6.07 Å². The van der Waals surface area contributed by atoms with Gasteiger partial charge in [0.1, 0.15) is 12.4 Å². The fourth-order valence-corrected chi connectivity index (χ4v) is 1.31. The van der Waals surface area contributed by atoms with Gasteiger partial charge in [-0.3, -0.25) is 0 Å². The van der Waals surface area contributed by atoms with Gasteiger partial charge in [0.05, 0.1) is 19.8 Å². The van der Waals surface area contributed by atoms with Crippen LogP contribution in [-0.4, -0.2) is 50.1 Å². The smallest absolute Gasteiger partial charge is 0.225 e. The molecule has 1 rings (SSSR count). The van der Waals surface area contributed by atoms with Crippen LogP contribution in [0, 0.1) is 0 Å². The topological polar surface area (TPSA) is 91.5 Å². The van der Waals surface area contributed by atoms with Gasteiger partial charge in [-0.05, 0) is 6.42 Å². The molecule has 0 aromatic carbocycles. The van der Waals surface area contributed by atoms with Gasteiger partial charge in [-0.25, -0.2) is 0 Å². The van der Waals surface area contributed by atoms with E-state index in [1.54, 1.807) is 13.2 Å². The van der Waals surface area contributed by atoms with Crippen LogP contribution in [0.3, 0.4) is 0 Å². The molecule has 1 aromatic heterocycles. The summed E-state index contributed by atoms with van der Waals surface area (Å²) in [5, 5.41) is 3.13. The predicted octanol–water partition coefficient (Wildman–Crippen LogP) is 0.922. The molecule has 0 saturated carbocycles. The fourth-order valence-electron chi connectivity index (χ4n) is 1.31. The predicted molar refractivity (Wildman–Crippen MR) is 73.4 cm³/mol. The Morgan fingerprint density at radius 3 is 2.74 bits per heavy atom. The summed E-state index contributed by atoms with van der Waals surface area (Å²) in [6.45, 7) is 4.92. The summed E-state index contributed by atoms with van der Waals surface area (Å²) < 4.78 is 15.6. The van der Waals surface area contributed by atoms with Crippen molar-refractivity contribution >= 4 is 11.8 Å². The summed E-state index contributed by atoms with van der Waals surface area (Å²) in [5.41, 5.74) is 5.61. The maximum absolute atomic E-state index is 5.61. The van der Waals surface area contributed by atoms with E-state index < -0.39 is 0 Å². The highest BCUT2D eigenvalue weighted by molar-refractivity contribution is 5.42. The first-order valence-corrected chi connectivity index (χ1v) is 6.34. The first-order chi connectivity index (χ1) is 9.26. The van der Waals surface area contributed by atoms with E-state index in [4.69, 9.17) is 19.9 Å². The van der Waals surface area contributed by atoms with E-state index in [0.717, 1.165) is 13.0 Å². The van der Waals surface area contributed by atoms with Crippen LogP contribution in [0.4, 0.5) is 11.8 Å². The van der Waals surface area contributed by atoms with E-state index >= 15 is 0 Å². The lowest BCUT2D eigenvalue weighted by atomic mass is 10.4. The largest absolute Gasteiger partial charge is 0.475 e. The van der Waals surface area contributed by atoms with E-state index in [1.165, 1.54) is 0 Å². The molecular formula is C12H22N4O3. The normalized spacial score (nSPS) is 10.4. The molecular weight excluding hydrogens is 248 g/mol. The Morgan fingerprint density at radius 1 is 1.21 bits per heavy atom. The number of ether oxygens (including phenoxy) is 3. The highest BCUT2D eigenvalue weighted by Crippen LogP contribution is 2.14. The average Bonchev–Trinajstić information content (AvgIpc) is 2.40. The molecule has 108 valence electrons. The number of aromatic nitrogens is 2. The molecule has 0 amide bonds. The second-order valence-electron chi connectivity index (χ2n) is 3.83. The van der Waals surface area contributed by atoms with E-state index in [1.807, 2.05) is 0 Å². The summed E-state index contributed by atoms with van der Waals surface area (Å²) in [6.07, 6.45) is 1.01. The van der Waals surface area contributed by atoms with Crippen molar-refractivity contribution in [3.05, 3.63) is 6.07 Å². The van der Waals surface area contributed by atoms with Crippen molar-refractivity contribution in [3.8, 4) is 5.88 Å². The highest BCUT2D eigenvalue weighted by atomic mass is 16.5. The zero-order valence-electron chi connectivity index (χ0n) is 11.5. The number of nitrogens with two attached hydrogens (primary N) is 1. The van der Waals surface area contributed by atoms with Crippen LogP contribution >= 0.6 is 0 Å². The molecule has 1 aromatic rings. The van der Waals surface area contributed by atoms with Crippen LogP contribution in [0.1, 0.15) is 13.3 Å². The fraction of sp³-hybridized carbons (Fsp3) is 0.667. The molecule has 7 nitrogen and oxygen atoms in total. The van der Waals surface area contributed by atoms with Crippen LogP contribution in [0.2, 0.25) is 0 Å². The van der Waals surface area contributed by atoms with E-state index in [0.29, 0.717) is 38.1 Å². The quantitative estimate of drug-likeness (QED) is 0.611. The third-order valence-electron chi connectivity index (χ3n) is 2.19. The molecule has 3 N–H and O–H groups in total. The Hall–Kier alpha value is -1.60. The maximum Gasteiger partial charge on any atom is 0.225 e. The van der Waals surface area contributed by atoms with Crippen molar-refractivity contribution in [3.63, 3.8) is 0 Å². The molecule has 0 aliphatic rings. The number of nitrogen functional groups attached to an aromatic ring is 1. The van der Waals surface area contributed by atoms with Gasteiger partial charge < -0.3 is 25.3 Å². The van der Waals surface area contributed by atoms with Crippen molar-refractivity contribution in [1.82, 2.24) is 9.97 Å². The molecule has 0 aliphatic heterocycles. The van der Waals surface area contributed by atoms with Gasteiger partial charge in [0, 0.05) is 19.7 Å². The number of nitrogens with zero attached hydrogens (tertiary/aromatic N) is 2. The first-order valence-electron chi connectivity index (χ1n) is 6.34. The molecule has 0 bridgehead atoms. The lowest BCUT2D eigenvalue weighted by molar-refractivity contribution is 0.0537. The second-order valence-corrected chi connectivity index (χ2v) is 3.83. The minimum absolute atomic E-state index is 0.191. The zero-order valence-corrected chi connectivity index (χ0v) is 11.5. The number of hydrogen-bond acceptors (Lipinski definition) is 7. The average molecular weight is 270 g/mol. The van der Waals surface area contributed by atoms with Gasteiger partial charge >= 0.3 is 0 Å². The summed E-state index contributed by atoms with van der Waals surface area (Å²) in [4.78, 5) is 8.07. The van der Waals surface area contributed by atoms with Crippen LogP contribution in [-0.2, 0) is 9.47 Å². The Morgan fingerprint density at radius 2 is 2.00 bits per heavy atom. The highest BCUT2D eigenvalue weighted by Gasteiger charge is 2.03. The Labute approximate surface area is 113 Å². The van der Waals surface area contributed by atoms with Gasteiger partial charge in [0.25, 0.3) is 0 Å². The number of methoxy groups -OCH3 is 1. The summed E-state index contributed by atoms with van der Waals surface area (Å²) in [5.74, 6) is 1.31. The van der Waals surface area contributed by atoms with E-state index in [2.05, 4.69) is 22.2 Å². The molecule has 19 heavy (non-hydrogen) atoms. The minimum Gasteiger partial charge on any atom is -0.475 e. The van der Waals surface area contributed by atoms with E-state index in [9.17, 15) is 0 Å². The van der Waals surface area contributed by atoms with Gasteiger partial charge in [-0.15, -0.1) is 0 Å². The molecule has 0 aliphatic carbocycles. The molecule has 0 radical (unpaired) electrons. The molecule has 1 heterocycles. The molecule has 0 spiro atoms. The maximum atomic E-state index is 5.61. The van der Waals surface area contributed by atoms with Crippen molar-refractivity contribution in [1.29, 1.82) is 0 Å². The molecule has 7 heteroatoms. The molecule has 0 saturated heterocycles. The Kier molecular flexibility index (Phi) is 7.60. The SMILES string of the molecule is CCCNc1cc(OCCOCCOC)nc(N)n1. The van der Waals surface area contributed by atoms with Crippen molar-refractivity contribution in [2.45, 2.75) is 13.3 Å². The van der Waals surface area contributed by atoms with Gasteiger partial charge in [0.15, 0.2) is 0 Å². The Bertz CT molecular complexity index is 363. The number of rotatable bonds is 10. The number of hydrogen-bond donors (Lipinski definition) is 2. The summed E-state index contributed by atoms with van der Waals surface area (Å²) in [7, 11) is 1.63. The van der Waals surface area contributed by atoms with Crippen molar-refractivity contribution in [2.75, 3.05) is 51.1 Å². The van der Waals surface area contributed by atoms with Crippen LogP contribution < -0.4 is 15.8 Å². The second kappa shape index (κ2) is 9.35.